The monoisotopic (exact) mass is 354 g/mol. The van der Waals surface area contributed by atoms with Crippen molar-refractivity contribution in [1.29, 1.82) is 0 Å². The summed E-state index contributed by atoms with van der Waals surface area (Å²) in [5, 5.41) is 5.60. The van der Waals surface area contributed by atoms with Crippen LogP contribution in [0.2, 0.25) is 0 Å². The molecule has 4 heteroatoms. The lowest BCUT2D eigenvalue weighted by molar-refractivity contribution is -0.126. The molecule has 4 nitrogen and oxygen atoms in total. The first-order valence-corrected chi connectivity index (χ1v) is 10.7. The van der Waals surface area contributed by atoms with Gasteiger partial charge in [-0.2, -0.15) is 0 Å². The molecule has 0 unspecified atom stereocenters. The maximum Gasteiger partial charge on any atom is 0.239 e. The van der Waals surface area contributed by atoms with Gasteiger partial charge in [-0.15, -0.1) is 0 Å². The van der Waals surface area contributed by atoms with Crippen molar-refractivity contribution in [2.24, 2.45) is 0 Å². The summed E-state index contributed by atoms with van der Waals surface area (Å²) < 4.78 is 0. The molecule has 0 spiro atoms. The zero-order valence-electron chi connectivity index (χ0n) is 16.8. The van der Waals surface area contributed by atoms with Gasteiger partial charge in [-0.25, -0.2) is 0 Å². The quantitative estimate of drug-likeness (QED) is 0.336. The van der Waals surface area contributed by atoms with Crippen LogP contribution in [0.4, 0.5) is 0 Å². The van der Waals surface area contributed by atoms with Gasteiger partial charge in [0.1, 0.15) is 0 Å². The average Bonchev–Trinajstić information content (AvgIpc) is 2.61. The molecular formula is C21H42N2O2. The second kappa shape index (κ2) is 19.3. The highest BCUT2D eigenvalue weighted by atomic mass is 16.2. The van der Waals surface area contributed by atoms with Crippen molar-refractivity contribution >= 4 is 11.8 Å². The van der Waals surface area contributed by atoms with Gasteiger partial charge in [-0.3, -0.25) is 9.59 Å². The zero-order chi connectivity index (χ0) is 18.6. The number of carbonyl (C=O) groups is 2. The van der Waals surface area contributed by atoms with E-state index in [1.165, 1.54) is 70.6 Å². The lowest BCUT2D eigenvalue weighted by atomic mass is 10.1. The number of carbonyl (C=O) groups excluding carboxylic acids is 2. The first-order chi connectivity index (χ1) is 12.2. The van der Waals surface area contributed by atoms with Gasteiger partial charge >= 0.3 is 0 Å². The summed E-state index contributed by atoms with van der Waals surface area (Å²) in [5.41, 5.74) is 0. The highest BCUT2D eigenvalue weighted by Crippen LogP contribution is 2.08. The standard InChI is InChI=1S/C21H42N2O2/c1-3-5-7-9-11-13-15-17-20(24)23-19-21(25)22-18-16-14-12-10-8-6-4-2/h3-19H2,1-2H3,(H,22,25)(H,23,24). The largest absolute Gasteiger partial charge is 0.355 e. The van der Waals surface area contributed by atoms with E-state index in [2.05, 4.69) is 24.5 Å². The van der Waals surface area contributed by atoms with E-state index in [1.807, 2.05) is 0 Å². The van der Waals surface area contributed by atoms with Crippen LogP contribution in [0, 0.1) is 0 Å². The van der Waals surface area contributed by atoms with Crippen molar-refractivity contribution in [3.8, 4) is 0 Å². The minimum atomic E-state index is -0.0705. The Morgan fingerprint density at radius 2 is 1.04 bits per heavy atom. The molecule has 0 aromatic heterocycles. The SMILES string of the molecule is CCCCCCCCCNC(=O)CNC(=O)CCCCCCCCC. The highest BCUT2D eigenvalue weighted by molar-refractivity contribution is 5.84. The molecule has 0 aliphatic carbocycles. The molecule has 0 aliphatic rings. The Morgan fingerprint density at radius 1 is 0.560 bits per heavy atom. The van der Waals surface area contributed by atoms with E-state index < -0.39 is 0 Å². The van der Waals surface area contributed by atoms with Gasteiger partial charge in [0.05, 0.1) is 6.54 Å². The van der Waals surface area contributed by atoms with Crippen LogP contribution >= 0.6 is 0 Å². The number of hydrogen-bond donors (Lipinski definition) is 2. The van der Waals surface area contributed by atoms with E-state index in [1.54, 1.807) is 0 Å². The van der Waals surface area contributed by atoms with Gasteiger partial charge in [0, 0.05) is 13.0 Å². The van der Waals surface area contributed by atoms with Crippen molar-refractivity contribution < 1.29 is 9.59 Å². The van der Waals surface area contributed by atoms with E-state index in [0.717, 1.165) is 25.8 Å². The lowest BCUT2D eigenvalue weighted by Gasteiger charge is -2.07. The second-order valence-corrected chi connectivity index (χ2v) is 7.12. The highest BCUT2D eigenvalue weighted by Gasteiger charge is 2.05. The number of unbranched alkanes of at least 4 members (excludes halogenated alkanes) is 12. The molecule has 0 aliphatic heterocycles. The number of amides is 2. The van der Waals surface area contributed by atoms with Crippen LogP contribution in [0.15, 0.2) is 0 Å². The summed E-state index contributed by atoms with van der Waals surface area (Å²) in [6, 6.07) is 0. The van der Waals surface area contributed by atoms with Crippen LogP contribution in [-0.2, 0) is 9.59 Å². The predicted octanol–water partition coefficient (Wildman–Crippen LogP) is 5.11. The summed E-state index contributed by atoms with van der Waals surface area (Å²) in [6.07, 6.45) is 17.7. The van der Waals surface area contributed by atoms with Crippen LogP contribution in [-0.4, -0.2) is 24.9 Å². The molecule has 0 saturated carbocycles. The number of rotatable bonds is 18. The zero-order valence-corrected chi connectivity index (χ0v) is 16.8. The van der Waals surface area contributed by atoms with Crippen molar-refractivity contribution in [1.82, 2.24) is 10.6 Å². The molecule has 25 heavy (non-hydrogen) atoms. The van der Waals surface area contributed by atoms with Crippen molar-refractivity contribution in [3.63, 3.8) is 0 Å². The number of nitrogens with one attached hydrogen (secondary N) is 2. The molecule has 0 saturated heterocycles. The van der Waals surface area contributed by atoms with Crippen LogP contribution in [0.1, 0.15) is 110 Å². The van der Waals surface area contributed by atoms with E-state index in [9.17, 15) is 9.59 Å². The van der Waals surface area contributed by atoms with Crippen LogP contribution in [0.5, 0.6) is 0 Å². The normalized spacial score (nSPS) is 10.6. The Labute approximate surface area is 155 Å². The molecular weight excluding hydrogens is 312 g/mol. The molecule has 0 radical (unpaired) electrons. The third-order valence-corrected chi connectivity index (χ3v) is 4.56. The summed E-state index contributed by atoms with van der Waals surface area (Å²) in [6.45, 7) is 5.28. The molecule has 0 bridgehead atoms. The maximum atomic E-state index is 11.7. The molecule has 148 valence electrons. The third-order valence-electron chi connectivity index (χ3n) is 4.56. The van der Waals surface area contributed by atoms with Crippen LogP contribution in [0.25, 0.3) is 0 Å². The van der Waals surface area contributed by atoms with Crippen molar-refractivity contribution in [2.75, 3.05) is 13.1 Å². The first-order valence-electron chi connectivity index (χ1n) is 10.7. The van der Waals surface area contributed by atoms with E-state index in [4.69, 9.17) is 0 Å². The summed E-state index contributed by atoms with van der Waals surface area (Å²) in [5.74, 6) is -0.0708. The van der Waals surface area contributed by atoms with Crippen LogP contribution in [0.3, 0.4) is 0 Å². The van der Waals surface area contributed by atoms with Crippen LogP contribution < -0.4 is 10.6 Å². The first kappa shape index (κ1) is 23.9. The van der Waals surface area contributed by atoms with E-state index >= 15 is 0 Å². The Balaban J connectivity index is 3.33. The minimum absolute atomic E-state index is 0.000340. The Hall–Kier alpha value is -1.06. The third kappa shape index (κ3) is 19.1. The Morgan fingerprint density at radius 3 is 1.60 bits per heavy atom. The molecule has 0 heterocycles. The van der Waals surface area contributed by atoms with E-state index in [-0.39, 0.29) is 18.4 Å². The smallest absolute Gasteiger partial charge is 0.239 e. The minimum Gasteiger partial charge on any atom is -0.355 e. The average molecular weight is 355 g/mol. The van der Waals surface area contributed by atoms with Gasteiger partial charge < -0.3 is 10.6 Å². The predicted molar refractivity (Wildman–Crippen MR) is 107 cm³/mol. The molecule has 0 fully saturated rings. The van der Waals surface area contributed by atoms with Gasteiger partial charge in [-0.05, 0) is 12.8 Å². The molecule has 0 aromatic carbocycles. The lowest BCUT2D eigenvalue weighted by Crippen LogP contribution is -2.37. The van der Waals surface area contributed by atoms with Gasteiger partial charge in [0.15, 0.2) is 0 Å². The Bertz CT molecular complexity index is 319. The summed E-state index contributed by atoms with van der Waals surface area (Å²) >= 11 is 0. The van der Waals surface area contributed by atoms with Gasteiger partial charge in [0.2, 0.25) is 11.8 Å². The molecule has 0 atom stereocenters. The molecule has 2 N–H and O–H groups in total. The second-order valence-electron chi connectivity index (χ2n) is 7.12. The topological polar surface area (TPSA) is 58.2 Å². The van der Waals surface area contributed by atoms with Crippen molar-refractivity contribution in [2.45, 2.75) is 110 Å². The fraction of sp³-hybridized carbons (Fsp3) is 0.905. The van der Waals surface area contributed by atoms with Gasteiger partial charge in [-0.1, -0.05) is 90.9 Å². The van der Waals surface area contributed by atoms with Crippen molar-refractivity contribution in [3.05, 3.63) is 0 Å². The fourth-order valence-electron chi connectivity index (χ4n) is 2.88. The molecule has 2 amide bonds. The molecule has 0 aromatic rings. The molecule has 0 rings (SSSR count). The summed E-state index contributed by atoms with van der Waals surface area (Å²) in [7, 11) is 0. The number of hydrogen-bond acceptors (Lipinski definition) is 2. The van der Waals surface area contributed by atoms with E-state index in [0.29, 0.717) is 6.42 Å². The maximum absolute atomic E-state index is 11.7. The summed E-state index contributed by atoms with van der Waals surface area (Å²) in [4.78, 5) is 23.4. The Kier molecular flexibility index (Phi) is 18.5. The van der Waals surface area contributed by atoms with Gasteiger partial charge in [0.25, 0.3) is 0 Å². The fourth-order valence-corrected chi connectivity index (χ4v) is 2.88.